The number of carbonyl (C=O) groups excluding carboxylic acids is 1. The summed E-state index contributed by atoms with van der Waals surface area (Å²) in [7, 11) is 0. The van der Waals surface area contributed by atoms with E-state index in [1.807, 2.05) is 6.92 Å². The highest BCUT2D eigenvalue weighted by molar-refractivity contribution is 5.48. The second-order valence-corrected chi connectivity index (χ2v) is 5.45. The van der Waals surface area contributed by atoms with Gasteiger partial charge in [-0.3, -0.25) is 0 Å². The standard InChI is InChI=1S/C10H16.C3H6O/c1-7-2-9-4-8(1)5-10(3-7)6-9;1-2-3-4/h7-10H,1-6H2;3H,2H2,1H3. The van der Waals surface area contributed by atoms with E-state index in [9.17, 15) is 4.79 Å². The largest absolute Gasteiger partial charge is 0.303 e. The predicted octanol–water partition coefficient (Wildman–Crippen LogP) is 3.43. The van der Waals surface area contributed by atoms with Crippen LogP contribution in [0.25, 0.3) is 0 Å². The van der Waals surface area contributed by atoms with E-state index >= 15 is 0 Å². The summed E-state index contributed by atoms with van der Waals surface area (Å²) in [5.74, 6) is 4.71. The lowest BCUT2D eigenvalue weighted by atomic mass is 9.56. The molecule has 0 saturated heterocycles. The van der Waals surface area contributed by atoms with Crippen LogP contribution < -0.4 is 0 Å². The Kier molecular flexibility index (Phi) is 3.25. The fourth-order valence-electron chi connectivity index (χ4n) is 3.98. The Bertz CT molecular complexity index is 141. The third-order valence-corrected chi connectivity index (χ3v) is 4.17. The van der Waals surface area contributed by atoms with Gasteiger partial charge in [0, 0.05) is 6.42 Å². The van der Waals surface area contributed by atoms with Crippen LogP contribution in [0, 0.1) is 23.7 Å². The Morgan fingerprint density at radius 1 is 0.857 bits per heavy atom. The molecule has 4 saturated carbocycles. The fourth-order valence-corrected chi connectivity index (χ4v) is 3.98. The first-order valence-electron chi connectivity index (χ1n) is 6.25. The Morgan fingerprint density at radius 2 is 1.07 bits per heavy atom. The van der Waals surface area contributed by atoms with Gasteiger partial charge in [-0.2, -0.15) is 0 Å². The maximum absolute atomic E-state index is 9.17. The lowest BCUT2D eigenvalue weighted by Crippen LogP contribution is -2.38. The SMILES string of the molecule is C1C2CC3CC1CC(C2)C3.CCC=O. The summed E-state index contributed by atoms with van der Waals surface area (Å²) >= 11 is 0. The van der Waals surface area contributed by atoms with E-state index in [0.717, 1.165) is 6.29 Å². The molecule has 0 aliphatic heterocycles. The van der Waals surface area contributed by atoms with Gasteiger partial charge in [-0.1, -0.05) is 6.92 Å². The van der Waals surface area contributed by atoms with Crippen LogP contribution in [0.15, 0.2) is 0 Å². The van der Waals surface area contributed by atoms with E-state index in [2.05, 4.69) is 0 Å². The summed E-state index contributed by atoms with van der Waals surface area (Å²) in [4.78, 5) is 9.17. The molecule has 0 radical (unpaired) electrons. The minimum absolute atomic E-state index is 0.639. The molecular formula is C13H22O. The van der Waals surface area contributed by atoms with Gasteiger partial charge in [-0.05, 0) is 62.2 Å². The molecule has 0 aromatic carbocycles. The van der Waals surface area contributed by atoms with Crippen molar-refractivity contribution >= 4 is 6.29 Å². The fraction of sp³-hybridized carbons (Fsp3) is 0.923. The zero-order valence-electron chi connectivity index (χ0n) is 9.24. The molecular weight excluding hydrogens is 172 g/mol. The van der Waals surface area contributed by atoms with Gasteiger partial charge in [0.25, 0.3) is 0 Å². The first kappa shape index (κ1) is 10.2. The average Bonchev–Trinajstić information content (AvgIpc) is 2.16. The van der Waals surface area contributed by atoms with Crippen LogP contribution >= 0.6 is 0 Å². The van der Waals surface area contributed by atoms with Crippen LogP contribution in [0.4, 0.5) is 0 Å². The van der Waals surface area contributed by atoms with Crippen LogP contribution in [0.2, 0.25) is 0 Å². The Labute approximate surface area is 87.3 Å². The summed E-state index contributed by atoms with van der Waals surface area (Å²) in [6, 6.07) is 0. The van der Waals surface area contributed by atoms with Crippen LogP contribution in [-0.4, -0.2) is 6.29 Å². The van der Waals surface area contributed by atoms with Crippen LogP contribution in [0.1, 0.15) is 51.9 Å². The summed E-state index contributed by atoms with van der Waals surface area (Å²) in [6.45, 7) is 1.81. The van der Waals surface area contributed by atoms with Crippen molar-refractivity contribution in [2.75, 3.05) is 0 Å². The Hall–Kier alpha value is -0.330. The monoisotopic (exact) mass is 194 g/mol. The van der Waals surface area contributed by atoms with Gasteiger partial charge in [0.05, 0.1) is 0 Å². The molecule has 4 aliphatic rings. The molecule has 4 fully saturated rings. The van der Waals surface area contributed by atoms with E-state index < -0.39 is 0 Å². The zero-order valence-corrected chi connectivity index (χ0v) is 9.24. The zero-order chi connectivity index (χ0) is 9.97. The van der Waals surface area contributed by atoms with Crippen molar-refractivity contribution in [2.24, 2.45) is 23.7 Å². The Balaban J connectivity index is 0.000000165. The van der Waals surface area contributed by atoms with Gasteiger partial charge in [0.1, 0.15) is 6.29 Å². The third-order valence-electron chi connectivity index (χ3n) is 4.17. The highest BCUT2D eigenvalue weighted by Gasteiger charge is 2.41. The van der Waals surface area contributed by atoms with Crippen molar-refractivity contribution in [1.29, 1.82) is 0 Å². The average molecular weight is 194 g/mol. The van der Waals surface area contributed by atoms with E-state index in [1.165, 1.54) is 23.7 Å². The predicted molar refractivity (Wildman–Crippen MR) is 58.0 cm³/mol. The molecule has 80 valence electrons. The van der Waals surface area contributed by atoms with Gasteiger partial charge in [-0.25, -0.2) is 0 Å². The summed E-state index contributed by atoms with van der Waals surface area (Å²) in [5.41, 5.74) is 0. The maximum Gasteiger partial charge on any atom is 0.119 e. The molecule has 0 amide bonds. The van der Waals surface area contributed by atoms with E-state index in [0.29, 0.717) is 6.42 Å². The number of hydrogen-bond donors (Lipinski definition) is 0. The molecule has 0 heterocycles. The molecule has 4 aliphatic carbocycles. The second-order valence-electron chi connectivity index (χ2n) is 5.45. The molecule has 0 aromatic rings. The molecule has 4 rings (SSSR count). The lowest BCUT2D eigenvalue weighted by molar-refractivity contribution is -0.107. The highest BCUT2D eigenvalue weighted by Crippen LogP contribution is 2.53. The summed E-state index contributed by atoms with van der Waals surface area (Å²) in [6.07, 6.45) is 11.1. The number of carbonyl (C=O) groups is 1. The van der Waals surface area contributed by atoms with E-state index in [-0.39, 0.29) is 0 Å². The third kappa shape index (κ3) is 2.18. The van der Waals surface area contributed by atoms with Crippen molar-refractivity contribution in [3.05, 3.63) is 0 Å². The minimum atomic E-state index is 0.639. The summed E-state index contributed by atoms with van der Waals surface area (Å²) < 4.78 is 0. The van der Waals surface area contributed by atoms with Gasteiger partial charge in [0.2, 0.25) is 0 Å². The van der Waals surface area contributed by atoms with Crippen LogP contribution in [-0.2, 0) is 4.79 Å². The maximum atomic E-state index is 9.17. The molecule has 1 nitrogen and oxygen atoms in total. The molecule has 4 bridgehead atoms. The number of aldehydes is 1. The molecule has 0 unspecified atom stereocenters. The van der Waals surface area contributed by atoms with Gasteiger partial charge in [-0.15, -0.1) is 0 Å². The van der Waals surface area contributed by atoms with Gasteiger partial charge < -0.3 is 4.79 Å². The van der Waals surface area contributed by atoms with Crippen molar-refractivity contribution in [3.8, 4) is 0 Å². The molecule has 14 heavy (non-hydrogen) atoms. The van der Waals surface area contributed by atoms with E-state index in [1.54, 1.807) is 38.5 Å². The first-order valence-corrected chi connectivity index (χ1v) is 6.25. The lowest BCUT2D eigenvalue weighted by Gasteiger charge is -2.49. The normalized spacial score (nSPS) is 42.9. The van der Waals surface area contributed by atoms with Crippen LogP contribution in [0.5, 0.6) is 0 Å². The molecule has 0 spiro atoms. The van der Waals surface area contributed by atoms with Gasteiger partial charge in [0.15, 0.2) is 0 Å². The molecule has 1 heteroatoms. The Morgan fingerprint density at radius 3 is 1.21 bits per heavy atom. The summed E-state index contributed by atoms with van der Waals surface area (Å²) in [5, 5.41) is 0. The molecule has 0 aromatic heterocycles. The second kappa shape index (κ2) is 4.46. The van der Waals surface area contributed by atoms with Gasteiger partial charge >= 0.3 is 0 Å². The quantitative estimate of drug-likeness (QED) is 0.584. The molecule has 0 atom stereocenters. The van der Waals surface area contributed by atoms with Crippen LogP contribution in [0.3, 0.4) is 0 Å². The number of hydrogen-bond acceptors (Lipinski definition) is 1. The molecule has 0 N–H and O–H groups in total. The highest BCUT2D eigenvalue weighted by atomic mass is 16.1. The van der Waals surface area contributed by atoms with Crippen molar-refractivity contribution in [1.82, 2.24) is 0 Å². The van der Waals surface area contributed by atoms with Crippen molar-refractivity contribution in [3.63, 3.8) is 0 Å². The first-order chi connectivity index (χ1) is 6.81. The van der Waals surface area contributed by atoms with E-state index in [4.69, 9.17) is 0 Å². The topological polar surface area (TPSA) is 17.1 Å². The smallest absolute Gasteiger partial charge is 0.119 e. The van der Waals surface area contributed by atoms with Crippen molar-refractivity contribution in [2.45, 2.75) is 51.9 Å². The minimum Gasteiger partial charge on any atom is -0.303 e. The number of rotatable bonds is 1. The van der Waals surface area contributed by atoms with Crippen molar-refractivity contribution < 1.29 is 4.79 Å².